The molecule has 0 saturated carbocycles. The van der Waals surface area contributed by atoms with Gasteiger partial charge in [0.15, 0.2) is 11.6 Å². The highest BCUT2D eigenvalue weighted by molar-refractivity contribution is 5.94. The monoisotopic (exact) mass is 429 g/mol. The number of anilines is 2. The largest absolute Gasteiger partial charge is 0.457 e. The van der Waals surface area contributed by atoms with Gasteiger partial charge in [-0.05, 0) is 61.4 Å². The fraction of sp³-hybridized carbons (Fsp3) is 0.320. The maximum absolute atomic E-state index is 12.9. The van der Waals surface area contributed by atoms with E-state index in [0.717, 1.165) is 43.6 Å². The normalized spacial score (nSPS) is 16.3. The molecule has 7 nitrogen and oxygen atoms in total. The third kappa shape index (κ3) is 4.51. The number of amides is 1. The molecule has 2 saturated heterocycles. The maximum Gasteiger partial charge on any atom is 0.253 e. The second kappa shape index (κ2) is 9.26. The molecule has 1 amide bonds. The van der Waals surface area contributed by atoms with Crippen LogP contribution in [0.15, 0.2) is 66.7 Å². The van der Waals surface area contributed by atoms with Crippen molar-refractivity contribution in [2.24, 2.45) is 0 Å². The van der Waals surface area contributed by atoms with Crippen molar-refractivity contribution >= 4 is 17.5 Å². The zero-order valence-corrected chi connectivity index (χ0v) is 18.1. The molecular formula is C25H27N5O2. The highest BCUT2D eigenvalue weighted by Crippen LogP contribution is 2.23. The lowest BCUT2D eigenvalue weighted by atomic mass is 10.1. The number of ether oxygens (including phenoxy) is 1. The summed E-state index contributed by atoms with van der Waals surface area (Å²) in [5.74, 6) is 3.38. The summed E-state index contributed by atoms with van der Waals surface area (Å²) in [5, 5.41) is 8.85. The van der Waals surface area contributed by atoms with Crippen molar-refractivity contribution in [3.63, 3.8) is 0 Å². The summed E-state index contributed by atoms with van der Waals surface area (Å²) in [6.45, 7) is 4.95. The lowest BCUT2D eigenvalue weighted by Gasteiger charge is -2.35. The Balaban J connectivity index is 1.15. The molecule has 5 rings (SSSR count). The molecular weight excluding hydrogens is 402 g/mol. The predicted molar refractivity (Wildman–Crippen MR) is 125 cm³/mol. The lowest BCUT2D eigenvalue weighted by Crippen LogP contribution is -2.49. The minimum atomic E-state index is 0.0476. The number of piperazine rings is 1. The summed E-state index contributed by atoms with van der Waals surface area (Å²) in [5.41, 5.74) is 0.675. The summed E-state index contributed by atoms with van der Waals surface area (Å²) < 4.78 is 5.82. The van der Waals surface area contributed by atoms with E-state index in [-0.39, 0.29) is 5.91 Å². The van der Waals surface area contributed by atoms with Gasteiger partial charge in [0.1, 0.15) is 11.5 Å². The number of benzene rings is 2. The van der Waals surface area contributed by atoms with E-state index < -0.39 is 0 Å². The van der Waals surface area contributed by atoms with Crippen molar-refractivity contribution in [3.05, 3.63) is 72.3 Å². The number of hydrogen-bond acceptors (Lipinski definition) is 6. The topological polar surface area (TPSA) is 61.8 Å². The van der Waals surface area contributed by atoms with Gasteiger partial charge in [-0.15, -0.1) is 10.2 Å². The van der Waals surface area contributed by atoms with Gasteiger partial charge in [0, 0.05) is 44.8 Å². The Kier molecular flexibility index (Phi) is 5.87. The third-order valence-corrected chi connectivity index (χ3v) is 6.04. The van der Waals surface area contributed by atoms with E-state index in [4.69, 9.17) is 4.74 Å². The fourth-order valence-corrected chi connectivity index (χ4v) is 4.21. The molecule has 0 bridgehead atoms. The average molecular weight is 430 g/mol. The van der Waals surface area contributed by atoms with Crippen LogP contribution in [0.5, 0.6) is 11.5 Å². The van der Waals surface area contributed by atoms with Gasteiger partial charge in [-0.1, -0.05) is 18.2 Å². The van der Waals surface area contributed by atoms with Gasteiger partial charge in [0.25, 0.3) is 5.91 Å². The highest BCUT2D eigenvalue weighted by atomic mass is 16.5. The number of hydrogen-bond donors (Lipinski definition) is 0. The highest BCUT2D eigenvalue weighted by Gasteiger charge is 2.23. The molecule has 2 aromatic carbocycles. The Hall–Kier alpha value is -3.61. The standard InChI is InChI=1S/C25H27N5O2/c31-25(20-8-10-22(11-9-20)32-21-6-2-1-3-7-21)30-18-16-29(17-19-30)24-13-12-23(26-27-24)28-14-4-5-15-28/h1-3,6-13H,4-5,14-19H2. The van der Waals surface area contributed by atoms with Crippen LogP contribution in [0.1, 0.15) is 23.2 Å². The predicted octanol–water partition coefficient (Wildman–Crippen LogP) is 3.83. The fourth-order valence-electron chi connectivity index (χ4n) is 4.21. The molecule has 2 aliphatic rings. The molecule has 7 heteroatoms. The van der Waals surface area contributed by atoms with Crippen molar-refractivity contribution in [1.29, 1.82) is 0 Å². The molecule has 0 radical (unpaired) electrons. The number of carbonyl (C=O) groups excluding carboxylic acids is 1. The summed E-state index contributed by atoms with van der Waals surface area (Å²) in [6, 6.07) is 21.1. The molecule has 0 N–H and O–H groups in total. The molecule has 32 heavy (non-hydrogen) atoms. The first kappa shape index (κ1) is 20.3. The Morgan fingerprint density at radius 2 is 1.22 bits per heavy atom. The van der Waals surface area contributed by atoms with Gasteiger partial charge >= 0.3 is 0 Å². The second-order valence-corrected chi connectivity index (χ2v) is 8.16. The Labute approximate surface area is 188 Å². The molecule has 3 aromatic rings. The molecule has 0 spiro atoms. The second-order valence-electron chi connectivity index (χ2n) is 8.16. The van der Waals surface area contributed by atoms with E-state index in [1.54, 1.807) is 0 Å². The summed E-state index contributed by atoms with van der Waals surface area (Å²) in [7, 11) is 0. The van der Waals surface area contributed by atoms with E-state index in [0.29, 0.717) is 24.4 Å². The number of para-hydroxylation sites is 1. The molecule has 0 atom stereocenters. The number of rotatable bonds is 5. The van der Waals surface area contributed by atoms with Gasteiger partial charge < -0.3 is 19.4 Å². The lowest BCUT2D eigenvalue weighted by molar-refractivity contribution is 0.0746. The molecule has 164 valence electrons. The van der Waals surface area contributed by atoms with E-state index >= 15 is 0 Å². The number of carbonyl (C=O) groups is 1. The van der Waals surface area contributed by atoms with Crippen molar-refractivity contribution in [2.75, 3.05) is 49.1 Å². The van der Waals surface area contributed by atoms with Crippen molar-refractivity contribution in [2.45, 2.75) is 12.8 Å². The number of nitrogens with zero attached hydrogens (tertiary/aromatic N) is 5. The number of aromatic nitrogens is 2. The van der Waals surface area contributed by atoms with E-state index in [9.17, 15) is 4.79 Å². The zero-order valence-electron chi connectivity index (χ0n) is 18.1. The summed E-state index contributed by atoms with van der Waals surface area (Å²) in [6.07, 6.45) is 2.45. The smallest absolute Gasteiger partial charge is 0.253 e. The van der Waals surface area contributed by atoms with E-state index in [1.165, 1.54) is 12.8 Å². The van der Waals surface area contributed by atoms with Crippen LogP contribution >= 0.6 is 0 Å². The minimum Gasteiger partial charge on any atom is -0.457 e. The first-order valence-corrected chi connectivity index (χ1v) is 11.2. The molecule has 0 aliphatic carbocycles. The quantitative estimate of drug-likeness (QED) is 0.614. The van der Waals surface area contributed by atoms with Crippen LogP contribution in [0.4, 0.5) is 11.6 Å². The van der Waals surface area contributed by atoms with Crippen LogP contribution in [0.25, 0.3) is 0 Å². The van der Waals surface area contributed by atoms with Gasteiger partial charge in [0.05, 0.1) is 0 Å². The van der Waals surface area contributed by atoms with Crippen LogP contribution in [0.2, 0.25) is 0 Å². The van der Waals surface area contributed by atoms with Crippen LogP contribution < -0.4 is 14.5 Å². The molecule has 1 aromatic heterocycles. The molecule has 3 heterocycles. The maximum atomic E-state index is 12.9. The van der Waals surface area contributed by atoms with Gasteiger partial charge in [-0.25, -0.2) is 0 Å². The Morgan fingerprint density at radius 1 is 0.656 bits per heavy atom. The molecule has 2 aliphatic heterocycles. The summed E-state index contributed by atoms with van der Waals surface area (Å²) in [4.78, 5) is 19.3. The first-order chi connectivity index (χ1) is 15.8. The average Bonchev–Trinajstić information content (AvgIpc) is 3.40. The zero-order chi connectivity index (χ0) is 21.8. The van der Waals surface area contributed by atoms with Gasteiger partial charge in [-0.3, -0.25) is 4.79 Å². The van der Waals surface area contributed by atoms with Crippen LogP contribution in [0, 0.1) is 0 Å². The Morgan fingerprint density at radius 3 is 1.81 bits per heavy atom. The van der Waals surface area contributed by atoms with Crippen molar-refractivity contribution in [1.82, 2.24) is 15.1 Å². The van der Waals surface area contributed by atoms with Gasteiger partial charge in [0.2, 0.25) is 0 Å². The van der Waals surface area contributed by atoms with Gasteiger partial charge in [-0.2, -0.15) is 0 Å². The third-order valence-electron chi connectivity index (χ3n) is 6.04. The van der Waals surface area contributed by atoms with Crippen molar-refractivity contribution < 1.29 is 9.53 Å². The van der Waals surface area contributed by atoms with E-state index in [2.05, 4.69) is 26.1 Å². The van der Waals surface area contributed by atoms with Crippen LogP contribution in [0.3, 0.4) is 0 Å². The SMILES string of the molecule is O=C(c1ccc(Oc2ccccc2)cc1)N1CCN(c2ccc(N3CCCC3)nn2)CC1. The minimum absolute atomic E-state index is 0.0476. The van der Waals surface area contributed by atoms with E-state index in [1.807, 2.05) is 65.6 Å². The summed E-state index contributed by atoms with van der Waals surface area (Å²) >= 11 is 0. The first-order valence-electron chi connectivity index (χ1n) is 11.2. The van der Waals surface area contributed by atoms with Crippen molar-refractivity contribution in [3.8, 4) is 11.5 Å². The molecule has 0 unspecified atom stereocenters. The van der Waals surface area contributed by atoms with Crippen LogP contribution in [-0.2, 0) is 0 Å². The molecule has 2 fully saturated rings. The Bertz CT molecular complexity index is 1030. The van der Waals surface area contributed by atoms with Crippen LogP contribution in [-0.4, -0.2) is 60.3 Å².